The predicted octanol–water partition coefficient (Wildman–Crippen LogP) is 4.32. The molecule has 2 aromatic carbocycles. The second-order valence-electron chi connectivity index (χ2n) is 14.9. The van der Waals surface area contributed by atoms with Crippen molar-refractivity contribution in [3.8, 4) is 23.3 Å². The van der Waals surface area contributed by atoms with Crippen molar-refractivity contribution in [3.05, 3.63) is 64.2 Å². The predicted molar refractivity (Wildman–Crippen MR) is 194 cm³/mol. The molecule has 4 aliphatic rings. The van der Waals surface area contributed by atoms with E-state index >= 15 is 0 Å². The molecule has 2 aromatic rings. The molecule has 0 amide bonds. The third-order valence-corrected chi connectivity index (χ3v) is 11.2. The average Bonchev–Trinajstić information content (AvgIpc) is 3.11. The summed E-state index contributed by atoms with van der Waals surface area (Å²) >= 11 is 0. The largest absolute Gasteiger partial charge is 0.508 e. The van der Waals surface area contributed by atoms with Crippen LogP contribution in [0.5, 0.6) is 11.5 Å². The van der Waals surface area contributed by atoms with Crippen LogP contribution in [-0.2, 0) is 25.5 Å². The van der Waals surface area contributed by atoms with Gasteiger partial charge in [-0.1, -0.05) is 30.4 Å². The summed E-state index contributed by atoms with van der Waals surface area (Å²) < 4.78 is 11.9. The van der Waals surface area contributed by atoms with Gasteiger partial charge in [-0.25, -0.2) is 4.79 Å². The normalized spacial score (nSPS) is 29.5. The zero-order chi connectivity index (χ0) is 37.2. The van der Waals surface area contributed by atoms with Crippen molar-refractivity contribution < 1.29 is 44.3 Å². The van der Waals surface area contributed by atoms with Crippen LogP contribution in [0.1, 0.15) is 105 Å². The number of carbonyl (C=O) groups excluding carboxylic acids is 3. The summed E-state index contributed by atoms with van der Waals surface area (Å²) in [6, 6.07) is 8.67. The molecule has 2 aliphatic carbocycles. The van der Waals surface area contributed by atoms with Gasteiger partial charge in [0.2, 0.25) is 0 Å². The van der Waals surface area contributed by atoms with E-state index in [1.165, 1.54) is 6.07 Å². The van der Waals surface area contributed by atoms with Gasteiger partial charge in [0, 0.05) is 61.2 Å². The van der Waals surface area contributed by atoms with Crippen molar-refractivity contribution >= 4 is 23.4 Å². The van der Waals surface area contributed by atoms with Crippen LogP contribution >= 0.6 is 0 Å². The van der Waals surface area contributed by atoms with Gasteiger partial charge in [-0.2, -0.15) is 0 Å². The highest BCUT2D eigenvalue weighted by molar-refractivity contribution is 5.89. The van der Waals surface area contributed by atoms with Gasteiger partial charge in [-0.3, -0.25) is 9.59 Å². The first-order valence-corrected chi connectivity index (χ1v) is 18.5. The third-order valence-electron chi connectivity index (χ3n) is 11.2. The van der Waals surface area contributed by atoms with Crippen molar-refractivity contribution in [2.75, 3.05) is 25.5 Å². The van der Waals surface area contributed by atoms with Crippen LogP contribution in [0.15, 0.2) is 42.0 Å². The van der Waals surface area contributed by atoms with Crippen LogP contribution in [0.4, 0.5) is 5.69 Å². The maximum Gasteiger partial charge on any atom is 0.334 e. The second kappa shape index (κ2) is 15.8. The van der Waals surface area contributed by atoms with Gasteiger partial charge in [0.25, 0.3) is 0 Å². The number of likely N-dealkylation sites (N-methyl/N-ethyl adjacent to an activating group) is 1. The standard InChI is InChI=1S/C41H50N2O9/c1-4-24-12-25(28-13-29(36(47)22-42-3)15-31(14-28)43-21-23(2)44)7-8-26-19-39(48)51-37-20-35(46)30(17-33(26)37)18-38(52-40(24)49)41(50)11-5-6-27-16-32(45)9-10-34(27)41/h4,13-15,17,20,23,25-27,34,36,38,42-44,46-47,50H,5-6,9-12,16,18-19,21-22H2,1-3H3/b24-4-/t23-,25+,26+,27+,34-,36-,38+,41-/m0/s1. The van der Waals surface area contributed by atoms with Crippen LogP contribution in [0, 0.1) is 23.7 Å². The Morgan fingerprint density at radius 3 is 2.54 bits per heavy atom. The first-order valence-electron chi connectivity index (χ1n) is 18.5. The molecule has 0 unspecified atom stereocenters. The van der Waals surface area contributed by atoms with Gasteiger partial charge < -0.3 is 40.5 Å². The fourth-order valence-corrected chi connectivity index (χ4v) is 8.48. The minimum atomic E-state index is -1.44. The molecular weight excluding hydrogens is 664 g/mol. The number of aliphatic hydroxyl groups excluding tert-OH is 2. The molecule has 0 aromatic heterocycles. The Balaban J connectivity index is 1.47. The molecule has 2 bridgehead atoms. The summed E-state index contributed by atoms with van der Waals surface area (Å²) in [5.74, 6) is 4.33. The number of hydrogen-bond donors (Lipinski definition) is 6. The molecule has 11 heteroatoms. The minimum absolute atomic E-state index is 0.0107. The van der Waals surface area contributed by atoms with Gasteiger partial charge in [0.05, 0.1) is 24.5 Å². The summed E-state index contributed by atoms with van der Waals surface area (Å²) in [6.07, 6.45) is 2.38. The number of rotatable bonds is 8. The molecule has 278 valence electrons. The maximum absolute atomic E-state index is 14.3. The summed E-state index contributed by atoms with van der Waals surface area (Å²) in [4.78, 5) is 39.5. The lowest BCUT2D eigenvalue weighted by molar-refractivity contribution is -0.187. The number of fused-ring (bicyclic) bond motifs is 2. The van der Waals surface area contributed by atoms with E-state index in [0.29, 0.717) is 72.2 Å². The quantitative estimate of drug-likeness (QED) is 0.0995. The van der Waals surface area contributed by atoms with Crippen LogP contribution in [0.25, 0.3) is 0 Å². The van der Waals surface area contributed by atoms with Crippen molar-refractivity contribution in [1.82, 2.24) is 5.32 Å². The van der Waals surface area contributed by atoms with Gasteiger partial charge in [0.1, 0.15) is 29.0 Å². The molecule has 6 N–H and O–H groups in total. The SMILES string of the molecule is C/C=C1/C[C@H](c2cc(NC[C@H](C)O)cc([C@@H](O)CNC)c2)C#C[C@@H]2CC(=O)Oc3cc(O)c(cc32)C[C@H]([C@]2(O)CCC[C@@H]3CC(=O)CC[C@@H]32)OC1=O. The number of benzene rings is 2. The van der Waals surface area contributed by atoms with E-state index in [1.807, 2.05) is 18.2 Å². The second-order valence-corrected chi connectivity index (χ2v) is 14.9. The van der Waals surface area contributed by atoms with E-state index < -0.39 is 47.7 Å². The number of ether oxygens (including phenoxy) is 2. The first-order chi connectivity index (χ1) is 24.9. The van der Waals surface area contributed by atoms with Gasteiger partial charge in [-0.05, 0) is 93.3 Å². The molecule has 2 fully saturated rings. The van der Waals surface area contributed by atoms with E-state index in [4.69, 9.17) is 9.47 Å². The van der Waals surface area contributed by atoms with Crippen LogP contribution in [0.2, 0.25) is 0 Å². The molecule has 0 saturated heterocycles. The molecule has 52 heavy (non-hydrogen) atoms. The number of carbonyl (C=O) groups is 3. The first kappa shape index (κ1) is 37.5. The molecule has 0 spiro atoms. The fourth-order valence-electron chi connectivity index (χ4n) is 8.48. The molecule has 0 radical (unpaired) electrons. The van der Waals surface area contributed by atoms with Crippen molar-refractivity contribution in [2.45, 2.75) is 107 Å². The zero-order valence-corrected chi connectivity index (χ0v) is 30.1. The number of esters is 2. The number of phenolic OH excluding ortho intramolecular Hbond substituents is 1. The van der Waals surface area contributed by atoms with Crippen LogP contribution in [-0.4, -0.2) is 76.1 Å². The lowest BCUT2D eigenvalue weighted by Crippen LogP contribution is -2.57. The minimum Gasteiger partial charge on any atom is -0.508 e. The Hall–Kier alpha value is -4.21. The molecule has 8 atom stereocenters. The number of phenols is 1. The lowest BCUT2D eigenvalue weighted by Gasteiger charge is -2.50. The van der Waals surface area contributed by atoms with Gasteiger partial charge in [0.15, 0.2) is 0 Å². The lowest BCUT2D eigenvalue weighted by atomic mass is 9.60. The Morgan fingerprint density at radius 1 is 1.00 bits per heavy atom. The third kappa shape index (κ3) is 8.06. The monoisotopic (exact) mass is 714 g/mol. The summed E-state index contributed by atoms with van der Waals surface area (Å²) in [5.41, 5.74) is 1.91. The van der Waals surface area contributed by atoms with Crippen LogP contribution < -0.4 is 15.4 Å². The molecule has 11 nitrogen and oxygen atoms in total. The van der Waals surface area contributed by atoms with E-state index in [1.54, 1.807) is 33.0 Å². The van der Waals surface area contributed by atoms with Gasteiger partial charge in [-0.15, -0.1) is 0 Å². The fraction of sp³-hybridized carbons (Fsp3) is 0.537. The molecular formula is C41H50N2O9. The number of nitrogens with one attached hydrogen (secondary N) is 2. The number of allylic oxidation sites excluding steroid dienone is 1. The van der Waals surface area contributed by atoms with Crippen molar-refractivity contribution in [1.29, 1.82) is 0 Å². The Kier molecular flexibility index (Phi) is 11.4. The Bertz CT molecular complexity index is 1790. The van der Waals surface area contributed by atoms with Crippen LogP contribution in [0.3, 0.4) is 0 Å². The van der Waals surface area contributed by atoms with E-state index in [-0.39, 0.29) is 54.9 Å². The summed E-state index contributed by atoms with van der Waals surface area (Å²) in [5, 5.41) is 51.0. The van der Waals surface area contributed by atoms with E-state index in [2.05, 4.69) is 22.5 Å². The topological polar surface area (TPSA) is 175 Å². The van der Waals surface area contributed by atoms with E-state index in [0.717, 1.165) is 6.42 Å². The van der Waals surface area contributed by atoms with Crippen molar-refractivity contribution in [2.24, 2.45) is 11.8 Å². The zero-order valence-electron chi connectivity index (χ0n) is 30.1. The average molecular weight is 715 g/mol. The number of aliphatic hydroxyl groups is 3. The number of aromatic hydroxyl groups is 1. The number of hydrogen-bond acceptors (Lipinski definition) is 11. The van der Waals surface area contributed by atoms with Crippen molar-refractivity contribution in [3.63, 3.8) is 0 Å². The number of anilines is 1. The highest BCUT2D eigenvalue weighted by Crippen LogP contribution is 2.49. The molecule has 6 rings (SSSR count). The number of Topliss-reactive ketones (excluding diaryl/α,β-unsaturated/α-hetero) is 1. The Morgan fingerprint density at radius 2 is 1.79 bits per heavy atom. The molecule has 2 aliphatic heterocycles. The summed E-state index contributed by atoms with van der Waals surface area (Å²) in [6.45, 7) is 3.97. The van der Waals surface area contributed by atoms with Gasteiger partial charge >= 0.3 is 11.9 Å². The number of ketones is 1. The highest BCUT2D eigenvalue weighted by Gasteiger charge is 2.53. The smallest absolute Gasteiger partial charge is 0.334 e. The molecule has 2 heterocycles. The Labute approximate surface area is 304 Å². The maximum atomic E-state index is 14.3. The van der Waals surface area contributed by atoms with E-state index in [9.17, 15) is 34.8 Å². The summed E-state index contributed by atoms with van der Waals surface area (Å²) in [7, 11) is 1.74. The molecule has 2 saturated carbocycles. The number of cyclic esters (lactones) is 1. The highest BCUT2D eigenvalue weighted by atomic mass is 16.6.